The number of hydrazone groups is 1. The van der Waals surface area contributed by atoms with Gasteiger partial charge in [-0.1, -0.05) is 30.3 Å². The summed E-state index contributed by atoms with van der Waals surface area (Å²) < 4.78 is 5.19. The maximum Gasteiger partial charge on any atom is 0.262 e. The van der Waals surface area contributed by atoms with Gasteiger partial charge in [0.15, 0.2) is 5.84 Å². The molecule has 7 nitrogen and oxygen atoms in total. The molecule has 0 aliphatic carbocycles. The minimum absolute atomic E-state index is 0.0565. The van der Waals surface area contributed by atoms with Crippen molar-refractivity contribution in [3.8, 4) is 11.8 Å². The predicted molar refractivity (Wildman–Crippen MR) is 102 cm³/mol. The highest BCUT2D eigenvalue weighted by atomic mass is 16.5. The highest BCUT2D eigenvalue weighted by molar-refractivity contribution is 6.30. The van der Waals surface area contributed by atoms with Crippen LogP contribution in [0.15, 0.2) is 70.3 Å². The number of nitriles is 1. The van der Waals surface area contributed by atoms with Crippen molar-refractivity contribution in [3.63, 3.8) is 0 Å². The normalized spacial score (nSPS) is 18.6. The van der Waals surface area contributed by atoms with Gasteiger partial charge in [-0.25, -0.2) is 4.99 Å². The van der Waals surface area contributed by atoms with Gasteiger partial charge < -0.3 is 10.5 Å². The molecule has 0 saturated carbocycles. The number of carbonyl (C=O) groups is 1. The fourth-order valence-corrected chi connectivity index (χ4v) is 3.20. The zero-order chi connectivity index (χ0) is 19.0. The molecular weight excluding hydrogens is 342 g/mol. The van der Waals surface area contributed by atoms with Crippen LogP contribution in [0.4, 0.5) is 5.69 Å². The second-order valence-corrected chi connectivity index (χ2v) is 6.00. The number of hydrogen-bond acceptors (Lipinski definition) is 6. The summed E-state index contributed by atoms with van der Waals surface area (Å²) in [6, 6.07) is 18.3. The van der Waals surface area contributed by atoms with Crippen LogP contribution >= 0.6 is 0 Å². The van der Waals surface area contributed by atoms with Gasteiger partial charge in [-0.15, -0.1) is 5.10 Å². The van der Waals surface area contributed by atoms with E-state index in [0.29, 0.717) is 22.6 Å². The SMILES string of the molecule is COc1ccc(C2=C(C#N)C(N)=NC3=NN(c4ccccc4)C(=O)C32)cc1. The molecule has 2 aliphatic heterocycles. The highest BCUT2D eigenvalue weighted by Gasteiger charge is 2.44. The van der Waals surface area contributed by atoms with Gasteiger partial charge in [0.05, 0.1) is 18.4 Å². The molecule has 0 fully saturated rings. The number of nitrogens with two attached hydrogens (primary N) is 1. The van der Waals surface area contributed by atoms with Gasteiger partial charge in [0.1, 0.15) is 23.6 Å². The quantitative estimate of drug-likeness (QED) is 0.910. The maximum atomic E-state index is 13.1. The van der Waals surface area contributed by atoms with Crippen LogP contribution in [0, 0.1) is 17.2 Å². The Morgan fingerprint density at radius 1 is 1.15 bits per heavy atom. The van der Waals surface area contributed by atoms with Crippen LogP contribution in [-0.2, 0) is 4.79 Å². The van der Waals surface area contributed by atoms with Crippen LogP contribution in [0.2, 0.25) is 0 Å². The molecule has 2 aromatic carbocycles. The van der Waals surface area contributed by atoms with Gasteiger partial charge in [-0.05, 0) is 29.8 Å². The summed E-state index contributed by atoms with van der Waals surface area (Å²) in [7, 11) is 1.57. The lowest BCUT2D eigenvalue weighted by Gasteiger charge is -2.21. The third kappa shape index (κ3) is 2.64. The van der Waals surface area contributed by atoms with E-state index in [1.165, 1.54) is 5.01 Å². The van der Waals surface area contributed by atoms with Crippen molar-refractivity contribution in [3.05, 3.63) is 65.7 Å². The molecule has 2 heterocycles. The lowest BCUT2D eigenvalue weighted by Crippen LogP contribution is -2.33. The highest BCUT2D eigenvalue weighted by Crippen LogP contribution is 2.38. The molecule has 1 atom stereocenters. The molecule has 132 valence electrons. The number of carbonyl (C=O) groups excluding carboxylic acids is 1. The number of aliphatic imine (C=N–C) groups is 1. The first-order valence-electron chi connectivity index (χ1n) is 8.24. The van der Waals surface area contributed by atoms with Crippen LogP contribution < -0.4 is 15.5 Å². The van der Waals surface area contributed by atoms with Crippen LogP contribution in [0.1, 0.15) is 5.56 Å². The number of hydrogen-bond donors (Lipinski definition) is 1. The first-order valence-corrected chi connectivity index (χ1v) is 8.24. The Morgan fingerprint density at radius 3 is 2.48 bits per heavy atom. The topological polar surface area (TPSA) is 104 Å². The van der Waals surface area contributed by atoms with Crippen LogP contribution in [0.3, 0.4) is 0 Å². The van der Waals surface area contributed by atoms with Gasteiger partial charge in [0.2, 0.25) is 0 Å². The van der Waals surface area contributed by atoms with E-state index in [4.69, 9.17) is 10.5 Å². The summed E-state index contributed by atoms with van der Waals surface area (Å²) in [5.41, 5.74) is 8.02. The largest absolute Gasteiger partial charge is 0.497 e. The Hall–Kier alpha value is -3.92. The van der Waals surface area contributed by atoms with Gasteiger partial charge in [0, 0.05) is 5.57 Å². The predicted octanol–water partition coefficient (Wildman–Crippen LogP) is 2.32. The summed E-state index contributed by atoms with van der Waals surface area (Å²) in [6.45, 7) is 0. The zero-order valence-corrected chi connectivity index (χ0v) is 14.5. The molecule has 2 N–H and O–H groups in total. The van der Waals surface area contributed by atoms with Crippen molar-refractivity contribution < 1.29 is 9.53 Å². The monoisotopic (exact) mass is 357 g/mol. The maximum absolute atomic E-state index is 13.1. The minimum atomic E-state index is -0.777. The van der Waals surface area contributed by atoms with Crippen molar-refractivity contribution >= 4 is 28.8 Å². The van der Waals surface area contributed by atoms with Crippen molar-refractivity contribution in [2.75, 3.05) is 12.1 Å². The summed E-state index contributed by atoms with van der Waals surface area (Å²) in [6.07, 6.45) is 0. The molecule has 27 heavy (non-hydrogen) atoms. The number of nitrogens with zero attached hydrogens (tertiary/aromatic N) is 4. The van der Waals surface area contributed by atoms with Gasteiger partial charge in [-0.3, -0.25) is 4.79 Å². The van der Waals surface area contributed by atoms with E-state index in [0.717, 1.165) is 0 Å². The van der Waals surface area contributed by atoms with Gasteiger partial charge in [-0.2, -0.15) is 10.3 Å². The molecular formula is C20H15N5O2. The Kier molecular flexibility index (Phi) is 3.94. The van der Waals surface area contributed by atoms with E-state index in [9.17, 15) is 10.1 Å². The lowest BCUT2D eigenvalue weighted by atomic mass is 9.85. The molecule has 1 unspecified atom stereocenters. The Bertz CT molecular complexity index is 1050. The van der Waals surface area contributed by atoms with E-state index in [1.807, 2.05) is 18.2 Å². The van der Waals surface area contributed by atoms with Crippen molar-refractivity contribution in [1.29, 1.82) is 5.26 Å². The minimum Gasteiger partial charge on any atom is -0.497 e. The molecule has 1 amide bonds. The first kappa shape index (κ1) is 16.5. The van der Waals surface area contributed by atoms with Crippen molar-refractivity contribution in [1.82, 2.24) is 0 Å². The van der Waals surface area contributed by atoms with Crippen molar-refractivity contribution in [2.45, 2.75) is 0 Å². The number of para-hydroxylation sites is 1. The molecule has 0 radical (unpaired) electrons. The molecule has 2 aromatic rings. The number of fused-ring (bicyclic) bond motifs is 1. The second kappa shape index (κ2) is 6.42. The summed E-state index contributed by atoms with van der Waals surface area (Å²) in [5.74, 6) is -0.0355. The van der Waals surface area contributed by atoms with Crippen LogP contribution in [0.25, 0.3) is 5.57 Å². The standard InChI is InChI=1S/C20H15N5O2/c1-27-14-9-7-12(8-10-14)16-15(11-21)18(22)23-19-17(16)20(26)25(24-19)13-5-3-2-4-6-13/h2-10,17H,1H3,(H2,22,23,24). The van der Waals surface area contributed by atoms with Gasteiger partial charge in [0.25, 0.3) is 5.91 Å². The smallest absolute Gasteiger partial charge is 0.262 e. The molecule has 2 aliphatic rings. The number of amidine groups is 2. The van der Waals surface area contributed by atoms with E-state index in [2.05, 4.69) is 16.2 Å². The number of methoxy groups -OCH3 is 1. The molecule has 0 bridgehead atoms. The molecule has 0 aromatic heterocycles. The van der Waals surface area contributed by atoms with E-state index >= 15 is 0 Å². The van der Waals surface area contributed by atoms with Crippen molar-refractivity contribution in [2.24, 2.45) is 21.7 Å². The third-order valence-corrected chi connectivity index (χ3v) is 4.48. The Morgan fingerprint density at radius 2 is 1.85 bits per heavy atom. The zero-order valence-electron chi connectivity index (χ0n) is 14.5. The fourth-order valence-electron chi connectivity index (χ4n) is 3.20. The average molecular weight is 357 g/mol. The molecule has 4 rings (SSSR count). The Labute approximate surface area is 155 Å². The number of ether oxygens (including phenoxy) is 1. The van der Waals surface area contributed by atoms with E-state index < -0.39 is 5.92 Å². The summed E-state index contributed by atoms with van der Waals surface area (Å²) >= 11 is 0. The number of amides is 1. The number of anilines is 1. The van der Waals surface area contributed by atoms with E-state index in [1.54, 1.807) is 43.5 Å². The molecule has 7 heteroatoms. The summed E-state index contributed by atoms with van der Waals surface area (Å²) in [5, 5.41) is 15.3. The first-order chi connectivity index (χ1) is 13.1. The van der Waals surface area contributed by atoms with Gasteiger partial charge >= 0.3 is 0 Å². The van der Waals surface area contributed by atoms with E-state index in [-0.39, 0.29) is 23.2 Å². The lowest BCUT2D eigenvalue weighted by molar-refractivity contribution is -0.118. The second-order valence-electron chi connectivity index (χ2n) is 6.00. The number of rotatable bonds is 3. The van der Waals surface area contributed by atoms with Crippen LogP contribution in [0.5, 0.6) is 5.75 Å². The fraction of sp³-hybridized carbons (Fsp3) is 0.100. The third-order valence-electron chi connectivity index (χ3n) is 4.48. The van der Waals surface area contributed by atoms with Crippen LogP contribution in [-0.4, -0.2) is 24.7 Å². The Balaban J connectivity index is 1.84. The summed E-state index contributed by atoms with van der Waals surface area (Å²) in [4.78, 5) is 17.4. The number of benzene rings is 2. The molecule has 0 spiro atoms. The average Bonchev–Trinajstić information content (AvgIpc) is 3.03. The molecule has 0 saturated heterocycles. The number of dihydropyridines is 1.